The number of carbonyl (C=O) groups excluding carboxylic acids is 1. The fraction of sp³-hybridized carbons (Fsp3) is 0.350. The first-order chi connectivity index (χ1) is 14.2. The van der Waals surface area contributed by atoms with Crippen molar-refractivity contribution in [2.75, 3.05) is 0 Å². The van der Waals surface area contributed by atoms with Gasteiger partial charge in [0.05, 0.1) is 4.91 Å². The molecule has 1 aromatic carbocycles. The zero-order valence-electron chi connectivity index (χ0n) is 16.2. The quantitative estimate of drug-likeness (QED) is 0.333. The molecule has 1 aliphatic rings. The van der Waals surface area contributed by atoms with Crippen LogP contribution in [0, 0.1) is 0 Å². The second-order valence-electron chi connectivity index (χ2n) is 6.55. The minimum atomic E-state index is -0.0965. The molecule has 2 N–H and O–H groups in total. The zero-order chi connectivity index (χ0) is 20.5. The van der Waals surface area contributed by atoms with Gasteiger partial charge in [0, 0.05) is 0 Å². The van der Waals surface area contributed by atoms with Crippen molar-refractivity contribution in [2.45, 2.75) is 45.6 Å². The Balaban J connectivity index is 1.65. The molecule has 1 aliphatic heterocycles. The Kier molecular flexibility index (Phi) is 7.94. The van der Waals surface area contributed by atoms with E-state index in [9.17, 15) is 4.79 Å². The summed E-state index contributed by atoms with van der Waals surface area (Å²) in [4.78, 5) is 12.9. The first-order valence-electron chi connectivity index (χ1n) is 9.55. The predicted octanol–water partition coefficient (Wildman–Crippen LogP) is 4.16. The summed E-state index contributed by atoms with van der Waals surface area (Å²) < 4.78 is 6.16. The van der Waals surface area contributed by atoms with Gasteiger partial charge >= 0.3 is 0 Å². The average molecular weight is 430 g/mol. The van der Waals surface area contributed by atoms with Gasteiger partial charge in [-0.1, -0.05) is 74.5 Å². The number of tetrazole rings is 1. The summed E-state index contributed by atoms with van der Waals surface area (Å²) >= 11 is 6.49. The summed E-state index contributed by atoms with van der Waals surface area (Å²) in [6.45, 7) is 2.47. The number of aromatic amines is 1. The highest BCUT2D eigenvalue weighted by Crippen LogP contribution is 2.30. The van der Waals surface area contributed by atoms with Crippen LogP contribution in [-0.4, -0.2) is 30.9 Å². The van der Waals surface area contributed by atoms with E-state index < -0.39 is 0 Å². The van der Waals surface area contributed by atoms with E-state index in [-0.39, 0.29) is 12.5 Å². The van der Waals surface area contributed by atoms with Gasteiger partial charge in [-0.05, 0) is 46.5 Å². The van der Waals surface area contributed by atoms with E-state index in [1.54, 1.807) is 0 Å². The first-order valence-corrected chi connectivity index (χ1v) is 10.8. The third kappa shape index (κ3) is 6.50. The average Bonchev–Trinajstić information content (AvgIpc) is 3.36. The van der Waals surface area contributed by atoms with Crippen LogP contribution >= 0.6 is 24.0 Å². The fourth-order valence-electron chi connectivity index (χ4n) is 2.80. The van der Waals surface area contributed by atoms with Crippen LogP contribution < -0.4 is 10.1 Å². The Bertz CT molecular complexity index is 892. The molecule has 2 heterocycles. The van der Waals surface area contributed by atoms with Crippen molar-refractivity contribution in [1.29, 1.82) is 0 Å². The Labute approximate surface area is 179 Å². The van der Waals surface area contributed by atoms with Crippen LogP contribution in [0.25, 0.3) is 6.08 Å². The van der Waals surface area contributed by atoms with E-state index in [0.717, 1.165) is 36.1 Å². The van der Waals surface area contributed by atoms with Gasteiger partial charge < -0.3 is 10.1 Å². The Hall–Kier alpha value is -2.52. The molecular weight excluding hydrogens is 406 g/mol. The molecule has 1 aromatic heterocycles. The third-order valence-electron chi connectivity index (χ3n) is 4.33. The molecule has 0 atom stereocenters. The molecule has 9 heteroatoms. The predicted molar refractivity (Wildman–Crippen MR) is 118 cm³/mol. The van der Waals surface area contributed by atoms with Crippen LogP contribution in [0.4, 0.5) is 0 Å². The van der Waals surface area contributed by atoms with Gasteiger partial charge in [-0.15, -0.1) is 5.10 Å². The van der Waals surface area contributed by atoms with E-state index >= 15 is 0 Å². The highest BCUT2D eigenvalue weighted by molar-refractivity contribution is 8.26. The number of rotatable bonds is 10. The minimum absolute atomic E-state index is 0.0965. The largest absolute Gasteiger partial charge is 0.486 e. The van der Waals surface area contributed by atoms with Crippen LogP contribution in [0.1, 0.15) is 50.4 Å². The van der Waals surface area contributed by atoms with Crippen LogP contribution in [0.2, 0.25) is 0 Å². The molecule has 2 aromatic rings. The summed E-state index contributed by atoms with van der Waals surface area (Å²) in [5, 5.41) is 16.2. The van der Waals surface area contributed by atoms with E-state index in [4.69, 9.17) is 17.0 Å². The van der Waals surface area contributed by atoms with Crippen molar-refractivity contribution in [1.82, 2.24) is 25.9 Å². The molecule has 0 spiro atoms. The lowest BCUT2D eigenvalue weighted by atomic mass is 10.0. The topological polar surface area (TPSA) is 92.8 Å². The first kappa shape index (κ1) is 21.2. The minimum Gasteiger partial charge on any atom is -0.486 e. The van der Waals surface area contributed by atoms with Crippen molar-refractivity contribution in [3.05, 3.63) is 52.2 Å². The van der Waals surface area contributed by atoms with Gasteiger partial charge in [0.15, 0.2) is 5.82 Å². The monoisotopic (exact) mass is 429 g/mol. The number of allylic oxidation sites excluding steroid dienone is 2. The molecule has 1 amide bonds. The van der Waals surface area contributed by atoms with Gasteiger partial charge in [0.25, 0.3) is 5.91 Å². The lowest BCUT2D eigenvalue weighted by molar-refractivity contribution is -0.115. The third-order valence-corrected chi connectivity index (χ3v) is 5.62. The molecular formula is C20H23N5O2S2. The number of nitrogens with zero attached hydrogens (tertiary/aromatic N) is 3. The molecule has 7 nitrogen and oxygen atoms in total. The number of aromatic nitrogens is 4. The van der Waals surface area contributed by atoms with Crippen molar-refractivity contribution in [3.63, 3.8) is 0 Å². The van der Waals surface area contributed by atoms with Crippen molar-refractivity contribution in [3.8, 4) is 5.75 Å². The lowest BCUT2D eigenvalue weighted by Gasteiger charge is -2.06. The van der Waals surface area contributed by atoms with Gasteiger partial charge in [0.1, 0.15) is 16.7 Å². The maximum atomic E-state index is 12.2. The second-order valence-corrected chi connectivity index (χ2v) is 8.23. The number of thiocarbonyl (C=S) groups is 1. The number of hydrogen-bond donors (Lipinski definition) is 2. The molecule has 0 unspecified atom stereocenters. The molecule has 29 heavy (non-hydrogen) atoms. The van der Waals surface area contributed by atoms with Crippen LogP contribution in [-0.2, 0) is 11.4 Å². The summed E-state index contributed by atoms with van der Waals surface area (Å²) in [6, 6.07) is 7.72. The van der Waals surface area contributed by atoms with E-state index in [2.05, 4.69) is 32.9 Å². The Morgan fingerprint density at radius 2 is 2.07 bits per heavy atom. The fourth-order valence-corrected chi connectivity index (χ4v) is 3.92. The smallest absolute Gasteiger partial charge is 0.263 e. The highest BCUT2D eigenvalue weighted by Gasteiger charge is 2.24. The number of thioether (sulfide) groups is 1. The van der Waals surface area contributed by atoms with Gasteiger partial charge in [0.2, 0.25) is 0 Å². The summed E-state index contributed by atoms with van der Waals surface area (Å²) in [7, 11) is 0. The highest BCUT2D eigenvalue weighted by atomic mass is 32.2. The molecule has 0 bridgehead atoms. The van der Waals surface area contributed by atoms with Gasteiger partial charge in [-0.3, -0.25) is 4.79 Å². The molecule has 3 rings (SSSR count). The number of carbonyl (C=O) groups is 1. The molecule has 1 saturated heterocycles. The molecule has 0 aliphatic carbocycles. The van der Waals surface area contributed by atoms with Crippen molar-refractivity contribution in [2.24, 2.45) is 0 Å². The summed E-state index contributed by atoms with van der Waals surface area (Å²) in [6.07, 6.45) is 9.50. The lowest BCUT2D eigenvalue weighted by Crippen LogP contribution is -2.18. The van der Waals surface area contributed by atoms with Crippen LogP contribution in [0.5, 0.6) is 5.75 Å². The molecule has 1 fully saturated rings. The number of amides is 1. The number of benzene rings is 1. The Morgan fingerprint density at radius 1 is 1.24 bits per heavy atom. The van der Waals surface area contributed by atoms with Crippen LogP contribution in [0.15, 0.2) is 40.8 Å². The number of hydrogen-bond acceptors (Lipinski definition) is 7. The number of unbranched alkanes of at least 4 members (excludes halogenated alkanes) is 3. The maximum Gasteiger partial charge on any atom is 0.263 e. The van der Waals surface area contributed by atoms with E-state index in [1.807, 2.05) is 36.4 Å². The Morgan fingerprint density at radius 3 is 2.72 bits per heavy atom. The summed E-state index contributed by atoms with van der Waals surface area (Å²) in [5.74, 6) is 1.20. The number of nitrogens with one attached hydrogen (secondary N) is 2. The number of ether oxygens (including phenoxy) is 1. The maximum absolute atomic E-state index is 12.2. The van der Waals surface area contributed by atoms with E-state index in [0.29, 0.717) is 15.1 Å². The molecule has 0 saturated carbocycles. The second kappa shape index (κ2) is 10.9. The van der Waals surface area contributed by atoms with Crippen molar-refractivity contribution >= 4 is 40.3 Å². The van der Waals surface area contributed by atoms with E-state index in [1.165, 1.54) is 24.6 Å². The number of H-pyrrole nitrogens is 1. The zero-order valence-corrected chi connectivity index (χ0v) is 17.8. The summed E-state index contributed by atoms with van der Waals surface area (Å²) in [5.41, 5.74) is 2.05. The van der Waals surface area contributed by atoms with Crippen LogP contribution in [0.3, 0.4) is 0 Å². The van der Waals surface area contributed by atoms with Crippen molar-refractivity contribution < 1.29 is 9.53 Å². The standard InChI is InChI=1S/C20H23N5O2S2/c1-2-3-4-5-6-15(18-19(26)21-20(28)29-18)10-7-14-8-11-16(12-9-14)27-13-17-22-24-25-23-17/h7-12H,2-6,13H2,1H3,(H,21,26,28)(H,22,23,24,25)/b10-7+,18-15?. The van der Waals surface area contributed by atoms with Gasteiger partial charge in [-0.2, -0.15) is 0 Å². The van der Waals surface area contributed by atoms with Gasteiger partial charge in [-0.25, -0.2) is 5.10 Å². The SMILES string of the molecule is CCCCCCC(/C=C/c1ccc(OCc2nnn[nH]2)cc1)=C1SC(=S)NC1=O. The molecule has 152 valence electrons. The normalized spacial score (nSPS) is 15.8. The molecule has 0 radical (unpaired) electrons.